The van der Waals surface area contributed by atoms with Crippen molar-refractivity contribution >= 4 is 0 Å². The number of nitrogens with two attached hydrogens (primary N) is 1. The Balaban J connectivity index is 2.57. The highest BCUT2D eigenvalue weighted by Gasteiger charge is 2.57. The van der Waals surface area contributed by atoms with Crippen LogP contribution in [0, 0.1) is 0 Å². The number of alkyl halides is 3. The highest BCUT2D eigenvalue weighted by Crippen LogP contribution is 2.42. The summed E-state index contributed by atoms with van der Waals surface area (Å²) in [6.45, 7) is 0. The van der Waals surface area contributed by atoms with E-state index in [9.17, 15) is 13.2 Å². The highest BCUT2D eigenvalue weighted by molar-refractivity contribution is 5.06. The molecule has 0 radical (unpaired) electrons. The van der Waals surface area contributed by atoms with Gasteiger partial charge < -0.3 is 10.8 Å². The summed E-state index contributed by atoms with van der Waals surface area (Å²) < 4.78 is 35.0. The SMILES string of the molecule is NC1(C(O)C(F)(F)F)CC1. The van der Waals surface area contributed by atoms with Gasteiger partial charge in [0, 0.05) is 0 Å². The van der Waals surface area contributed by atoms with Crippen LogP contribution >= 0.6 is 0 Å². The third-order valence-corrected chi connectivity index (χ3v) is 1.68. The maximum absolute atomic E-state index is 11.7. The summed E-state index contributed by atoms with van der Waals surface area (Å²) in [6, 6.07) is 0. The van der Waals surface area contributed by atoms with Crippen molar-refractivity contribution in [1.82, 2.24) is 0 Å². The van der Waals surface area contributed by atoms with Gasteiger partial charge in [-0.2, -0.15) is 13.2 Å². The molecule has 1 rings (SSSR count). The number of aliphatic hydroxyl groups is 1. The van der Waals surface area contributed by atoms with Gasteiger partial charge in [-0.05, 0) is 12.8 Å². The monoisotopic (exact) mass is 155 g/mol. The Bertz CT molecular complexity index is 135. The fourth-order valence-corrected chi connectivity index (χ4v) is 0.744. The zero-order valence-electron chi connectivity index (χ0n) is 5.15. The van der Waals surface area contributed by atoms with Crippen molar-refractivity contribution in [1.29, 1.82) is 0 Å². The van der Waals surface area contributed by atoms with Crippen LogP contribution in [0.3, 0.4) is 0 Å². The van der Waals surface area contributed by atoms with Crippen LogP contribution in [0.2, 0.25) is 0 Å². The van der Waals surface area contributed by atoms with E-state index >= 15 is 0 Å². The fourth-order valence-electron chi connectivity index (χ4n) is 0.744. The molecule has 0 spiro atoms. The van der Waals surface area contributed by atoms with Gasteiger partial charge >= 0.3 is 6.18 Å². The summed E-state index contributed by atoms with van der Waals surface area (Å²) in [6.07, 6.45) is -6.40. The molecule has 0 saturated heterocycles. The fraction of sp³-hybridized carbons (Fsp3) is 1.00. The number of aliphatic hydroxyl groups excluding tert-OH is 1. The molecule has 0 heterocycles. The van der Waals surface area contributed by atoms with Gasteiger partial charge in [0.05, 0.1) is 5.54 Å². The molecule has 0 amide bonds. The minimum atomic E-state index is -4.56. The van der Waals surface area contributed by atoms with Gasteiger partial charge in [0.2, 0.25) is 0 Å². The van der Waals surface area contributed by atoms with Crippen molar-refractivity contribution in [3.05, 3.63) is 0 Å². The molecule has 3 N–H and O–H groups in total. The molecule has 0 aromatic rings. The van der Waals surface area contributed by atoms with Gasteiger partial charge in [-0.1, -0.05) is 0 Å². The van der Waals surface area contributed by atoms with E-state index in [1.807, 2.05) is 0 Å². The van der Waals surface area contributed by atoms with Crippen LogP contribution in [-0.2, 0) is 0 Å². The minimum Gasteiger partial charge on any atom is -0.382 e. The number of hydrogen-bond donors (Lipinski definition) is 2. The second-order valence-electron chi connectivity index (χ2n) is 2.68. The molecule has 1 unspecified atom stereocenters. The van der Waals surface area contributed by atoms with Gasteiger partial charge in [-0.25, -0.2) is 0 Å². The summed E-state index contributed by atoms with van der Waals surface area (Å²) in [4.78, 5) is 0. The molecule has 1 atom stereocenters. The zero-order chi connectivity index (χ0) is 7.99. The molecule has 5 heteroatoms. The Morgan fingerprint density at radius 3 is 1.90 bits per heavy atom. The van der Waals surface area contributed by atoms with Crippen LogP contribution in [0.5, 0.6) is 0 Å². The number of hydrogen-bond acceptors (Lipinski definition) is 2. The standard InChI is InChI=1S/C5H8F3NO/c6-5(7,8)3(10)4(9)1-2-4/h3,10H,1-2,9H2. The molecule has 1 fully saturated rings. The molecule has 1 aliphatic rings. The summed E-state index contributed by atoms with van der Waals surface area (Å²) >= 11 is 0. The zero-order valence-corrected chi connectivity index (χ0v) is 5.15. The summed E-state index contributed by atoms with van der Waals surface area (Å²) in [5.74, 6) is 0. The van der Waals surface area contributed by atoms with Crippen LogP contribution in [-0.4, -0.2) is 22.9 Å². The molecule has 0 aromatic heterocycles. The summed E-state index contributed by atoms with van der Waals surface area (Å²) in [5.41, 5.74) is 3.73. The molecular formula is C5H8F3NO. The van der Waals surface area contributed by atoms with Gasteiger partial charge in [0.15, 0.2) is 6.10 Å². The van der Waals surface area contributed by atoms with Crippen LogP contribution in [0.1, 0.15) is 12.8 Å². The molecule has 10 heavy (non-hydrogen) atoms. The van der Waals surface area contributed by atoms with Crippen LogP contribution in [0.4, 0.5) is 13.2 Å². The normalized spacial score (nSPS) is 26.1. The highest BCUT2D eigenvalue weighted by atomic mass is 19.4. The van der Waals surface area contributed by atoms with E-state index in [0.717, 1.165) is 0 Å². The molecule has 0 aliphatic heterocycles. The van der Waals surface area contributed by atoms with E-state index in [2.05, 4.69) is 0 Å². The topological polar surface area (TPSA) is 46.2 Å². The van der Waals surface area contributed by atoms with E-state index < -0.39 is 17.8 Å². The molecule has 2 nitrogen and oxygen atoms in total. The first-order chi connectivity index (χ1) is 4.36. The first-order valence-corrected chi connectivity index (χ1v) is 2.90. The van der Waals surface area contributed by atoms with Gasteiger partial charge in [-0.15, -0.1) is 0 Å². The Labute approximate surface area is 55.8 Å². The second kappa shape index (κ2) is 1.85. The average molecular weight is 155 g/mol. The Hall–Kier alpha value is -0.290. The van der Waals surface area contributed by atoms with E-state index in [1.165, 1.54) is 0 Å². The molecule has 1 aliphatic carbocycles. The van der Waals surface area contributed by atoms with Crippen LogP contribution in [0.15, 0.2) is 0 Å². The maximum atomic E-state index is 11.7. The molecule has 1 saturated carbocycles. The van der Waals surface area contributed by atoms with E-state index in [4.69, 9.17) is 10.8 Å². The lowest BCUT2D eigenvalue weighted by molar-refractivity contribution is -0.212. The molecular weight excluding hydrogens is 147 g/mol. The van der Waals surface area contributed by atoms with Crippen molar-refractivity contribution in [2.45, 2.75) is 30.7 Å². The predicted octanol–water partition coefficient (Wildman–Crippen LogP) is 0.401. The lowest BCUT2D eigenvalue weighted by Crippen LogP contribution is -2.47. The Kier molecular flexibility index (Phi) is 1.45. The average Bonchev–Trinajstić information content (AvgIpc) is 2.45. The Morgan fingerprint density at radius 1 is 1.40 bits per heavy atom. The predicted molar refractivity (Wildman–Crippen MR) is 28.2 cm³/mol. The van der Waals surface area contributed by atoms with Crippen molar-refractivity contribution in [2.75, 3.05) is 0 Å². The lowest BCUT2D eigenvalue weighted by Gasteiger charge is -2.19. The maximum Gasteiger partial charge on any atom is 0.416 e. The third-order valence-electron chi connectivity index (χ3n) is 1.68. The smallest absolute Gasteiger partial charge is 0.382 e. The van der Waals surface area contributed by atoms with E-state index in [-0.39, 0.29) is 12.8 Å². The summed E-state index contributed by atoms with van der Waals surface area (Å²) in [5, 5.41) is 8.53. The lowest BCUT2D eigenvalue weighted by atomic mass is 10.1. The minimum absolute atomic E-state index is 0.258. The molecule has 60 valence electrons. The Morgan fingerprint density at radius 2 is 1.80 bits per heavy atom. The largest absolute Gasteiger partial charge is 0.416 e. The molecule has 0 aromatic carbocycles. The third kappa shape index (κ3) is 1.24. The summed E-state index contributed by atoms with van der Waals surface area (Å²) in [7, 11) is 0. The van der Waals surface area contributed by atoms with Gasteiger partial charge in [-0.3, -0.25) is 0 Å². The van der Waals surface area contributed by atoms with Crippen molar-refractivity contribution in [3.63, 3.8) is 0 Å². The number of halogens is 3. The second-order valence-corrected chi connectivity index (χ2v) is 2.68. The van der Waals surface area contributed by atoms with Crippen molar-refractivity contribution in [2.24, 2.45) is 5.73 Å². The van der Waals surface area contributed by atoms with Gasteiger partial charge in [0.25, 0.3) is 0 Å². The van der Waals surface area contributed by atoms with E-state index in [1.54, 1.807) is 0 Å². The van der Waals surface area contributed by atoms with Crippen molar-refractivity contribution in [3.8, 4) is 0 Å². The first kappa shape index (κ1) is 7.81. The van der Waals surface area contributed by atoms with Gasteiger partial charge in [0.1, 0.15) is 0 Å². The van der Waals surface area contributed by atoms with Crippen molar-refractivity contribution < 1.29 is 18.3 Å². The number of rotatable bonds is 1. The molecule has 0 bridgehead atoms. The van der Waals surface area contributed by atoms with E-state index in [0.29, 0.717) is 0 Å². The quantitative estimate of drug-likeness (QED) is 0.575. The van der Waals surface area contributed by atoms with Crippen LogP contribution < -0.4 is 5.73 Å². The van der Waals surface area contributed by atoms with Crippen LogP contribution in [0.25, 0.3) is 0 Å². The first-order valence-electron chi connectivity index (χ1n) is 2.90.